The molecular weight excluding hydrogens is 272 g/mol. The Labute approximate surface area is 122 Å². The van der Waals surface area contributed by atoms with Gasteiger partial charge in [-0.15, -0.1) is 11.3 Å². The summed E-state index contributed by atoms with van der Waals surface area (Å²) in [7, 11) is 0. The number of carboxylic acids is 1. The summed E-state index contributed by atoms with van der Waals surface area (Å²) < 4.78 is 5.85. The molecule has 1 atom stereocenters. The molecule has 0 radical (unpaired) electrons. The maximum atomic E-state index is 10.5. The highest BCUT2D eigenvalue weighted by molar-refractivity contribution is 7.10. The van der Waals surface area contributed by atoms with Crippen molar-refractivity contribution in [2.75, 3.05) is 0 Å². The standard InChI is InChI=1S/C16H16O3S/c1-12(13-5-3-2-4-6-13)19-11-15-14(9-10-20-15)7-8-16(17)18/h2-10,12H,11H2,1H3,(H,17,18). The van der Waals surface area contributed by atoms with Crippen LogP contribution in [0.15, 0.2) is 47.9 Å². The summed E-state index contributed by atoms with van der Waals surface area (Å²) in [5, 5.41) is 10.6. The topological polar surface area (TPSA) is 46.5 Å². The van der Waals surface area contributed by atoms with Gasteiger partial charge in [-0.05, 0) is 35.6 Å². The van der Waals surface area contributed by atoms with Crippen molar-refractivity contribution in [1.29, 1.82) is 0 Å². The van der Waals surface area contributed by atoms with Crippen molar-refractivity contribution in [3.05, 3.63) is 63.9 Å². The summed E-state index contributed by atoms with van der Waals surface area (Å²) in [6.45, 7) is 2.49. The zero-order valence-electron chi connectivity index (χ0n) is 11.2. The number of thiophene rings is 1. The Kier molecular flexibility index (Phi) is 5.09. The van der Waals surface area contributed by atoms with Crippen LogP contribution in [0.2, 0.25) is 0 Å². The molecule has 1 N–H and O–H groups in total. The summed E-state index contributed by atoms with van der Waals surface area (Å²) in [6, 6.07) is 11.9. The Morgan fingerprint density at radius 3 is 2.80 bits per heavy atom. The molecule has 20 heavy (non-hydrogen) atoms. The van der Waals surface area contributed by atoms with Crippen LogP contribution in [-0.2, 0) is 16.1 Å². The second-order valence-corrected chi connectivity index (χ2v) is 5.34. The van der Waals surface area contributed by atoms with E-state index in [1.807, 2.05) is 48.7 Å². The first kappa shape index (κ1) is 14.5. The molecule has 1 aromatic carbocycles. The van der Waals surface area contributed by atoms with Crippen molar-refractivity contribution in [1.82, 2.24) is 0 Å². The smallest absolute Gasteiger partial charge is 0.328 e. The number of carboxylic acid groups (broad SMARTS) is 1. The molecule has 0 saturated heterocycles. The van der Waals surface area contributed by atoms with Gasteiger partial charge in [-0.1, -0.05) is 30.3 Å². The van der Waals surface area contributed by atoms with E-state index in [1.165, 1.54) is 0 Å². The summed E-state index contributed by atoms with van der Waals surface area (Å²) >= 11 is 1.57. The molecular formula is C16H16O3S. The van der Waals surface area contributed by atoms with E-state index in [2.05, 4.69) is 0 Å². The lowest BCUT2D eigenvalue weighted by Gasteiger charge is -2.13. The fourth-order valence-corrected chi connectivity index (χ4v) is 2.59. The number of hydrogen-bond donors (Lipinski definition) is 1. The third-order valence-electron chi connectivity index (χ3n) is 2.92. The van der Waals surface area contributed by atoms with Gasteiger partial charge < -0.3 is 9.84 Å². The van der Waals surface area contributed by atoms with Crippen molar-refractivity contribution in [3.8, 4) is 0 Å². The van der Waals surface area contributed by atoms with Crippen molar-refractivity contribution in [2.24, 2.45) is 0 Å². The maximum absolute atomic E-state index is 10.5. The van der Waals surface area contributed by atoms with Gasteiger partial charge >= 0.3 is 5.97 Å². The van der Waals surface area contributed by atoms with E-state index in [9.17, 15) is 4.79 Å². The molecule has 0 amide bonds. The van der Waals surface area contributed by atoms with Crippen LogP contribution in [0, 0.1) is 0 Å². The van der Waals surface area contributed by atoms with Gasteiger partial charge in [0.05, 0.1) is 12.7 Å². The van der Waals surface area contributed by atoms with Gasteiger partial charge in [-0.25, -0.2) is 4.79 Å². The maximum Gasteiger partial charge on any atom is 0.328 e. The number of benzene rings is 1. The van der Waals surface area contributed by atoms with E-state index in [-0.39, 0.29) is 6.10 Å². The Bertz CT molecular complexity index is 587. The van der Waals surface area contributed by atoms with Gasteiger partial charge in [0.1, 0.15) is 0 Å². The molecule has 0 aliphatic heterocycles. The summed E-state index contributed by atoms with van der Waals surface area (Å²) in [5.74, 6) is -0.944. The van der Waals surface area contributed by atoms with Crippen LogP contribution in [0.25, 0.3) is 6.08 Å². The molecule has 1 unspecified atom stereocenters. The van der Waals surface area contributed by atoms with Crippen LogP contribution in [-0.4, -0.2) is 11.1 Å². The fraction of sp³-hybridized carbons (Fsp3) is 0.188. The molecule has 0 fully saturated rings. The van der Waals surface area contributed by atoms with Gasteiger partial charge in [-0.3, -0.25) is 0 Å². The lowest BCUT2D eigenvalue weighted by Crippen LogP contribution is -2.00. The highest BCUT2D eigenvalue weighted by atomic mass is 32.1. The molecule has 4 heteroatoms. The number of hydrogen-bond acceptors (Lipinski definition) is 3. The number of ether oxygens (including phenoxy) is 1. The molecule has 2 aromatic rings. The Morgan fingerprint density at radius 1 is 1.35 bits per heavy atom. The predicted molar refractivity (Wildman–Crippen MR) is 80.6 cm³/mol. The minimum absolute atomic E-state index is 0.00889. The average molecular weight is 288 g/mol. The lowest BCUT2D eigenvalue weighted by atomic mass is 10.1. The van der Waals surface area contributed by atoms with Gasteiger partial charge in [0, 0.05) is 11.0 Å². The zero-order chi connectivity index (χ0) is 14.4. The fourth-order valence-electron chi connectivity index (χ4n) is 1.80. The van der Waals surface area contributed by atoms with Crippen LogP contribution in [0.1, 0.15) is 29.0 Å². The third kappa shape index (κ3) is 4.05. The Balaban J connectivity index is 1.98. The minimum atomic E-state index is -0.944. The van der Waals surface area contributed by atoms with E-state index in [0.717, 1.165) is 22.1 Å². The second kappa shape index (κ2) is 7.03. The van der Waals surface area contributed by atoms with Crippen molar-refractivity contribution in [2.45, 2.75) is 19.6 Å². The summed E-state index contributed by atoms with van der Waals surface area (Å²) in [4.78, 5) is 11.6. The highest BCUT2D eigenvalue weighted by Gasteiger charge is 2.08. The first-order valence-corrected chi connectivity index (χ1v) is 7.18. The predicted octanol–water partition coefficient (Wildman–Crippen LogP) is 4.12. The lowest BCUT2D eigenvalue weighted by molar-refractivity contribution is -0.131. The number of carbonyl (C=O) groups is 1. The summed E-state index contributed by atoms with van der Waals surface area (Å²) in [6.07, 6.45) is 2.76. The number of rotatable bonds is 6. The first-order valence-electron chi connectivity index (χ1n) is 6.30. The van der Waals surface area contributed by atoms with Crippen LogP contribution < -0.4 is 0 Å². The molecule has 0 aliphatic carbocycles. The molecule has 0 bridgehead atoms. The van der Waals surface area contributed by atoms with Crippen molar-refractivity contribution >= 4 is 23.4 Å². The second-order valence-electron chi connectivity index (χ2n) is 4.33. The van der Waals surface area contributed by atoms with E-state index in [4.69, 9.17) is 9.84 Å². The van der Waals surface area contributed by atoms with E-state index >= 15 is 0 Å². The van der Waals surface area contributed by atoms with Crippen LogP contribution in [0.5, 0.6) is 0 Å². The Morgan fingerprint density at radius 2 is 2.10 bits per heavy atom. The molecule has 1 heterocycles. The van der Waals surface area contributed by atoms with Crippen LogP contribution >= 0.6 is 11.3 Å². The van der Waals surface area contributed by atoms with Crippen molar-refractivity contribution in [3.63, 3.8) is 0 Å². The van der Waals surface area contributed by atoms with Gasteiger partial charge in [-0.2, -0.15) is 0 Å². The number of aliphatic carboxylic acids is 1. The largest absolute Gasteiger partial charge is 0.478 e. The van der Waals surface area contributed by atoms with E-state index < -0.39 is 5.97 Å². The van der Waals surface area contributed by atoms with Gasteiger partial charge in [0.25, 0.3) is 0 Å². The van der Waals surface area contributed by atoms with Crippen LogP contribution in [0.4, 0.5) is 0 Å². The first-order chi connectivity index (χ1) is 9.66. The van der Waals surface area contributed by atoms with Gasteiger partial charge in [0.2, 0.25) is 0 Å². The Hall–Kier alpha value is -1.91. The zero-order valence-corrected chi connectivity index (χ0v) is 12.0. The highest BCUT2D eigenvalue weighted by Crippen LogP contribution is 2.23. The third-order valence-corrected chi connectivity index (χ3v) is 3.83. The van der Waals surface area contributed by atoms with E-state index in [1.54, 1.807) is 17.4 Å². The SMILES string of the molecule is CC(OCc1sccc1C=CC(=O)O)c1ccccc1. The summed E-state index contributed by atoms with van der Waals surface area (Å²) in [5.41, 5.74) is 2.03. The molecule has 3 nitrogen and oxygen atoms in total. The van der Waals surface area contributed by atoms with Gasteiger partial charge in [0.15, 0.2) is 0 Å². The quantitative estimate of drug-likeness (QED) is 0.813. The molecule has 0 aliphatic rings. The molecule has 0 saturated carbocycles. The van der Waals surface area contributed by atoms with E-state index in [0.29, 0.717) is 6.61 Å². The normalized spacial score (nSPS) is 12.7. The molecule has 1 aromatic heterocycles. The monoisotopic (exact) mass is 288 g/mol. The van der Waals surface area contributed by atoms with Crippen LogP contribution in [0.3, 0.4) is 0 Å². The average Bonchev–Trinajstić information content (AvgIpc) is 2.91. The molecule has 2 rings (SSSR count). The molecule has 0 spiro atoms. The molecule has 104 valence electrons. The van der Waals surface area contributed by atoms with Crippen molar-refractivity contribution < 1.29 is 14.6 Å². The minimum Gasteiger partial charge on any atom is -0.478 e.